The molecule has 0 aromatic carbocycles. The van der Waals surface area contributed by atoms with E-state index >= 15 is 0 Å². The predicted molar refractivity (Wildman–Crippen MR) is 83.4 cm³/mol. The predicted octanol–water partition coefficient (Wildman–Crippen LogP) is 2.05. The summed E-state index contributed by atoms with van der Waals surface area (Å²) in [4.78, 5) is 30.1. The Labute approximate surface area is 131 Å². The molecule has 0 spiro atoms. The van der Waals surface area contributed by atoms with Gasteiger partial charge in [-0.3, -0.25) is 14.6 Å². The average Bonchev–Trinajstić information content (AvgIpc) is 2.54. The Bertz CT molecular complexity index is 579. The zero-order valence-corrected chi connectivity index (χ0v) is 13.1. The second kappa shape index (κ2) is 6.46. The molecule has 1 aliphatic heterocycles. The van der Waals surface area contributed by atoms with Crippen LogP contribution in [0.2, 0.25) is 0 Å². The maximum absolute atomic E-state index is 12.6. The molecule has 1 aromatic rings. The van der Waals surface area contributed by atoms with Crippen molar-refractivity contribution in [1.29, 1.82) is 0 Å². The number of pyridine rings is 1. The van der Waals surface area contributed by atoms with Crippen LogP contribution in [0.25, 0.3) is 0 Å². The van der Waals surface area contributed by atoms with Crippen molar-refractivity contribution in [2.75, 3.05) is 6.54 Å². The van der Waals surface area contributed by atoms with Gasteiger partial charge in [-0.1, -0.05) is 19.3 Å². The summed E-state index contributed by atoms with van der Waals surface area (Å²) in [5, 5.41) is 3.16. The van der Waals surface area contributed by atoms with Crippen LogP contribution in [0.15, 0.2) is 12.4 Å². The Kier molecular flexibility index (Phi) is 4.41. The van der Waals surface area contributed by atoms with Crippen molar-refractivity contribution in [2.45, 2.75) is 58.0 Å². The first kappa shape index (κ1) is 15.0. The number of fused-ring (bicyclic) bond motifs is 1. The van der Waals surface area contributed by atoms with E-state index < -0.39 is 0 Å². The Hall–Kier alpha value is -1.91. The second-order valence-corrected chi connectivity index (χ2v) is 6.32. The van der Waals surface area contributed by atoms with E-state index in [1.54, 1.807) is 24.2 Å². The fraction of sp³-hybridized carbons (Fsp3) is 0.588. The molecule has 2 amide bonds. The first-order valence-electron chi connectivity index (χ1n) is 8.17. The maximum atomic E-state index is 12.6. The summed E-state index contributed by atoms with van der Waals surface area (Å²) in [5.74, 6) is 0.0650. The smallest absolute Gasteiger partial charge is 0.253 e. The highest BCUT2D eigenvalue weighted by atomic mass is 16.2. The molecule has 0 radical (unpaired) electrons. The lowest BCUT2D eigenvalue weighted by molar-refractivity contribution is -0.129. The highest BCUT2D eigenvalue weighted by Crippen LogP contribution is 2.23. The van der Waals surface area contributed by atoms with Crippen molar-refractivity contribution in [3.8, 4) is 0 Å². The average molecular weight is 301 g/mol. The van der Waals surface area contributed by atoms with E-state index in [-0.39, 0.29) is 11.8 Å². The van der Waals surface area contributed by atoms with Crippen LogP contribution in [0.1, 0.15) is 60.5 Å². The lowest BCUT2D eigenvalue weighted by Gasteiger charge is -2.29. The van der Waals surface area contributed by atoms with E-state index in [0.717, 1.165) is 30.4 Å². The van der Waals surface area contributed by atoms with E-state index in [0.29, 0.717) is 24.7 Å². The van der Waals surface area contributed by atoms with Crippen LogP contribution in [0.4, 0.5) is 0 Å². The molecule has 5 nitrogen and oxygen atoms in total. The minimum Gasteiger partial charge on any atom is -0.349 e. The van der Waals surface area contributed by atoms with Crippen molar-refractivity contribution in [1.82, 2.24) is 15.2 Å². The van der Waals surface area contributed by atoms with Crippen molar-refractivity contribution >= 4 is 11.8 Å². The van der Waals surface area contributed by atoms with Gasteiger partial charge in [0.2, 0.25) is 5.91 Å². The number of carbonyl (C=O) groups is 2. The van der Waals surface area contributed by atoms with Crippen molar-refractivity contribution in [3.05, 3.63) is 29.1 Å². The van der Waals surface area contributed by atoms with E-state index in [4.69, 9.17) is 0 Å². The quantitative estimate of drug-likeness (QED) is 0.909. The van der Waals surface area contributed by atoms with Crippen molar-refractivity contribution in [3.63, 3.8) is 0 Å². The summed E-state index contributed by atoms with van der Waals surface area (Å²) in [6.07, 6.45) is 9.99. The van der Waals surface area contributed by atoms with E-state index in [2.05, 4.69) is 10.3 Å². The standard InChI is InChI=1S/C17H23N3O2/c1-12(21)20-8-7-15-13(11-20)9-18-10-16(15)17(22)19-14-5-3-2-4-6-14/h9-10,14H,2-8,11H2,1H3,(H,19,22). The van der Waals surface area contributed by atoms with Gasteiger partial charge < -0.3 is 10.2 Å². The van der Waals surface area contributed by atoms with Crippen molar-refractivity contribution in [2.24, 2.45) is 0 Å². The number of rotatable bonds is 2. The molecule has 22 heavy (non-hydrogen) atoms. The number of hydrogen-bond donors (Lipinski definition) is 1. The van der Waals surface area contributed by atoms with Crippen LogP contribution < -0.4 is 5.32 Å². The number of nitrogens with zero attached hydrogens (tertiary/aromatic N) is 2. The summed E-state index contributed by atoms with van der Waals surface area (Å²) in [6, 6.07) is 0.300. The third-order valence-corrected chi connectivity index (χ3v) is 4.77. The Morgan fingerprint density at radius 2 is 2.00 bits per heavy atom. The highest BCUT2D eigenvalue weighted by molar-refractivity contribution is 5.96. The van der Waals surface area contributed by atoms with Gasteiger partial charge in [0, 0.05) is 38.4 Å². The van der Waals surface area contributed by atoms with Crippen LogP contribution in [0.3, 0.4) is 0 Å². The first-order chi connectivity index (χ1) is 10.6. The molecule has 1 saturated carbocycles. The van der Waals surface area contributed by atoms with Gasteiger partial charge in [-0.15, -0.1) is 0 Å². The molecule has 0 unspecified atom stereocenters. The van der Waals surface area contributed by atoms with Crippen LogP contribution >= 0.6 is 0 Å². The zero-order chi connectivity index (χ0) is 15.5. The minimum atomic E-state index is -0.00692. The van der Waals surface area contributed by atoms with E-state index in [9.17, 15) is 9.59 Å². The number of nitrogens with one attached hydrogen (secondary N) is 1. The molecule has 5 heteroatoms. The lowest BCUT2D eigenvalue weighted by atomic mass is 9.94. The molecular weight excluding hydrogens is 278 g/mol. The minimum absolute atomic E-state index is 0.00692. The molecule has 0 atom stereocenters. The van der Waals surface area contributed by atoms with Gasteiger partial charge in [-0.2, -0.15) is 0 Å². The van der Waals surface area contributed by atoms with Crippen molar-refractivity contribution < 1.29 is 9.59 Å². The molecule has 1 aromatic heterocycles. The summed E-state index contributed by atoms with van der Waals surface area (Å²) >= 11 is 0. The van der Waals surface area contributed by atoms with Gasteiger partial charge in [0.05, 0.1) is 5.56 Å². The fourth-order valence-corrected chi connectivity index (χ4v) is 3.47. The molecule has 2 aliphatic rings. The molecule has 3 rings (SSSR count). The molecule has 1 fully saturated rings. The molecular formula is C17H23N3O2. The van der Waals surface area contributed by atoms with Gasteiger partial charge in [0.15, 0.2) is 0 Å². The van der Waals surface area contributed by atoms with Gasteiger partial charge in [-0.05, 0) is 30.4 Å². The molecule has 0 bridgehead atoms. The third-order valence-electron chi connectivity index (χ3n) is 4.77. The van der Waals surface area contributed by atoms with Gasteiger partial charge in [0.25, 0.3) is 5.91 Å². The fourth-order valence-electron chi connectivity index (χ4n) is 3.47. The third kappa shape index (κ3) is 3.13. The van der Waals surface area contributed by atoms with Gasteiger partial charge >= 0.3 is 0 Å². The zero-order valence-electron chi connectivity index (χ0n) is 13.1. The molecule has 2 heterocycles. The molecule has 1 N–H and O–H groups in total. The van der Waals surface area contributed by atoms with Crippen LogP contribution in [0, 0.1) is 0 Å². The second-order valence-electron chi connectivity index (χ2n) is 6.32. The summed E-state index contributed by atoms with van der Waals surface area (Å²) in [6.45, 7) is 2.82. The number of amides is 2. The topological polar surface area (TPSA) is 62.3 Å². The SMILES string of the molecule is CC(=O)N1CCc2c(cncc2C(=O)NC2CCCCC2)C1. The molecule has 1 aliphatic carbocycles. The van der Waals surface area contributed by atoms with Crippen LogP contribution in [0.5, 0.6) is 0 Å². The van der Waals surface area contributed by atoms with E-state index in [1.807, 2.05) is 0 Å². The lowest BCUT2D eigenvalue weighted by Crippen LogP contribution is -2.39. The van der Waals surface area contributed by atoms with Crippen LogP contribution in [-0.2, 0) is 17.8 Å². The maximum Gasteiger partial charge on any atom is 0.253 e. The van der Waals surface area contributed by atoms with Gasteiger partial charge in [-0.25, -0.2) is 0 Å². The largest absolute Gasteiger partial charge is 0.349 e. The Balaban J connectivity index is 1.76. The monoisotopic (exact) mass is 301 g/mol. The van der Waals surface area contributed by atoms with Gasteiger partial charge in [0.1, 0.15) is 0 Å². The number of hydrogen-bond acceptors (Lipinski definition) is 3. The molecule has 118 valence electrons. The Morgan fingerprint density at radius 1 is 1.23 bits per heavy atom. The highest BCUT2D eigenvalue weighted by Gasteiger charge is 2.24. The number of carbonyl (C=O) groups excluding carboxylic acids is 2. The normalized spacial score (nSPS) is 18.7. The summed E-state index contributed by atoms with van der Waals surface area (Å²) < 4.78 is 0. The molecule has 0 saturated heterocycles. The van der Waals surface area contributed by atoms with Crippen LogP contribution in [-0.4, -0.2) is 34.3 Å². The summed E-state index contributed by atoms with van der Waals surface area (Å²) in [5.41, 5.74) is 2.74. The Morgan fingerprint density at radius 3 is 2.73 bits per heavy atom. The summed E-state index contributed by atoms with van der Waals surface area (Å²) in [7, 11) is 0. The number of aromatic nitrogens is 1. The first-order valence-corrected chi connectivity index (χ1v) is 8.17. The van der Waals surface area contributed by atoms with E-state index in [1.165, 1.54) is 19.3 Å².